The number of hydrogen-bond donors (Lipinski definition) is 0. The molecule has 4 nitrogen and oxygen atoms in total. The second-order valence-electron chi connectivity index (χ2n) is 0.575. The number of carboxylic acids is 2. The van der Waals surface area contributed by atoms with E-state index in [1.165, 1.54) is 0 Å². The molecule has 8 heteroatoms. The van der Waals surface area contributed by atoms with Gasteiger partial charge in [-0.3, -0.25) is 0 Å². The minimum atomic E-state index is -2.19. The molecular formula is C2CeGdLaO4Tb+10. The van der Waals surface area contributed by atoms with Crippen LogP contribution in [0.4, 0.5) is 0 Å². The third-order valence-corrected chi connectivity index (χ3v) is 0.167. The van der Waals surface area contributed by atoms with Crippen LogP contribution < -0.4 is 10.2 Å². The maximum Gasteiger partial charge on any atom is 3.00 e. The molecule has 0 spiro atoms. The third kappa shape index (κ3) is 22.7. The number of carbonyl (C=O) groups is 2. The number of carboxylic acid groups (broad SMARTS) is 2. The van der Waals surface area contributed by atoms with Crippen LogP contribution in [0.15, 0.2) is 0 Å². The van der Waals surface area contributed by atoms with Crippen LogP contribution in [0.1, 0.15) is 0 Å². The summed E-state index contributed by atoms with van der Waals surface area (Å²) in [5, 5.41) is 17.9. The average Bonchev–Trinajstić information content (AvgIpc) is 1.36. The molecule has 0 aliphatic heterocycles. The predicted molar refractivity (Wildman–Crippen MR) is 10.0 cm³/mol. The summed E-state index contributed by atoms with van der Waals surface area (Å²) in [5.74, 6) is -4.37. The fourth-order valence-corrected chi connectivity index (χ4v) is 0. The topological polar surface area (TPSA) is 80.3 Å². The molecule has 0 fully saturated rings. The first-order valence-corrected chi connectivity index (χ1v) is 1.07. The number of aliphatic carboxylic acids is 2. The van der Waals surface area contributed by atoms with Crippen molar-refractivity contribution in [3.63, 3.8) is 0 Å². The summed E-state index contributed by atoms with van der Waals surface area (Å²) in [6.45, 7) is 0. The van der Waals surface area contributed by atoms with E-state index in [0.717, 1.165) is 0 Å². The van der Waals surface area contributed by atoms with Gasteiger partial charge in [-0.05, 0) is 0 Å². The Kier molecular flexibility index (Phi) is 55.0. The van der Waals surface area contributed by atoms with Gasteiger partial charge >= 0.3 is 156 Å². The van der Waals surface area contributed by atoms with Crippen molar-refractivity contribution in [2.75, 3.05) is 0 Å². The number of carbonyl (C=O) groups excluding carboxylic acids is 2. The standard InChI is InChI=1S/C2H2O4.Ce.Gd.La.Tb/c3-1(4)2(5)6;;;;/h(H,3,4)(H,5,6);;;;/q;4*+3/p-2. The van der Waals surface area contributed by atoms with Gasteiger partial charge in [0, 0.05) is 0 Å². The van der Waals surface area contributed by atoms with Crippen LogP contribution in [0.25, 0.3) is 0 Å². The molecule has 0 rings (SSSR count). The van der Waals surface area contributed by atoms with Crippen molar-refractivity contribution in [3.8, 4) is 0 Å². The average molecular weight is 683 g/mol. The van der Waals surface area contributed by atoms with Crippen molar-refractivity contribution < 1.29 is 176 Å². The second-order valence-corrected chi connectivity index (χ2v) is 0.575. The maximum atomic E-state index is 8.93. The van der Waals surface area contributed by atoms with Gasteiger partial charge in [0.15, 0.2) is 0 Å². The summed E-state index contributed by atoms with van der Waals surface area (Å²) >= 11 is 0. The van der Waals surface area contributed by atoms with Crippen LogP contribution in [0.3, 0.4) is 0 Å². The van der Waals surface area contributed by atoms with Gasteiger partial charge in [-0.2, -0.15) is 0 Å². The van der Waals surface area contributed by atoms with Crippen molar-refractivity contribution in [1.29, 1.82) is 0 Å². The van der Waals surface area contributed by atoms with Crippen molar-refractivity contribution >= 4 is 11.9 Å². The fraction of sp³-hybridized carbons (Fsp3) is 0. The zero-order chi connectivity index (χ0) is 5.15. The molecule has 10 heavy (non-hydrogen) atoms. The van der Waals surface area contributed by atoms with Gasteiger partial charge in [-0.15, -0.1) is 0 Å². The SMILES string of the molecule is O=C([O-])C(=O)[O-].[Ce+3].[Gd+3].[La+3].[Tb+3]. The van der Waals surface area contributed by atoms with Crippen LogP contribution in [0.2, 0.25) is 0 Å². The zero-order valence-corrected chi connectivity index (χ0v) is 15.6. The summed E-state index contributed by atoms with van der Waals surface area (Å²) in [5.41, 5.74) is 0. The number of rotatable bonds is 0. The van der Waals surface area contributed by atoms with E-state index in [1.54, 1.807) is 0 Å². The first-order chi connectivity index (χ1) is 2.64. The number of hydrogen-bond acceptors (Lipinski definition) is 4. The largest absolute Gasteiger partial charge is 3.00 e. The summed E-state index contributed by atoms with van der Waals surface area (Å²) in [7, 11) is 0. The van der Waals surface area contributed by atoms with Gasteiger partial charge < -0.3 is 19.8 Å². The molecule has 0 aromatic rings. The second kappa shape index (κ2) is 18.8. The minimum Gasteiger partial charge on any atom is -0.543 e. The molecule has 46 valence electrons. The molecule has 0 saturated carbocycles. The Labute approximate surface area is 182 Å². The Hall–Kier alpha value is 4.12. The summed E-state index contributed by atoms with van der Waals surface area (Å²) in [6, 6.07) is 0. The summed E-state index contributed by atoms with van der Waals surface area (Å²) < 4.78 is 0. The van der Waals surface area contributed by atoms with Gasteiger partial charge in [0.05, 0.1) is 11.9 Å². The molecule has 0 aliphatic carbocycles. The maximum absolute atomic E-state index is 8.93. The van der Waals surface area contributed by atoms with Crippen LogP contribution in [0.5, 0.6) is 0 Å². The molecule has 0 aliphatic rings. The molecule has 0 amide bonds. The van der Waals surface area contributed by atoms with E-state index < -0.39 is 11.9 Å². The molecule has 0 saturated heterocycles. The van der Waals surface area contributed by atoms with E-state index in [4.69, 9.17) is 19.8 Å². The van der Waals surface area contributed by atoms with Crippen LogP contribution >= 0.6 is 0 Å². The minimum absolute atomic E-state index is 0. The van der Waals surface area contributed by atoms with E-state index in [1.807, 2.05) is 0 Å². The van der Waals surface area contributed by atoms with Crippen molar-refractivity contribution in [2.24, 2.45) is 0 Å². The Morgan fingerprint density at radius 3 is 1.10 bits per heavy atom. The van der Waals surface area contributed by atoms with Crippen molar-refractivity contribution in [1.82, 2.24) is 0 Å². The summed E-state index contributed by atoms with van der Waals surface area (Å²) in [6.07, 6.45) is 0. The van der Waals surface area contributed by atoms with E-state index in [-0.39, 0.29) is 156 Å². The molecule has 0 heterocycles. The fourth-order valence-electron chi connectivity index (χ4n) is 0. The quantitative estimate of drug-likeness (QED) is 0.249. The molecule has 0 N–H and O–H groups in total. The van der Waals surface area contributed by atoms with E-state index in [9.17, 15) is 0 Å². The van der Waals surface area contributed by atoms with Crippen LogP contribution in [-0.2, 0) is 9.59 Å². The first kappa shape index (κ1) is 29.2. The van der Waals surface area contributed by atoms with E-state index >= 15 is 0 Å². The molecule has 0 aromatic heterocycles. The molecule has 0 unspecified atom stereocenters. The first-order valence-electron chi connectivity index (χ1n) is 1.07. The van der Waals surface area contributed by atoms with Gasteiger partial charge in [0.1, 0.15) is 0 Å². The normalized spacial score (nSPS) is 4.40. The predicted octanol–water partition coefficient (Wildman–Crippen LogP) is -3.51. The Bertz CT molecular complexity index is 89.3. The smallest absolute Gasteiger partial charge is 0.543 e. The molecule has 0 aromatic carbocycles. The Morgan fingerprint density at radius 2 is 1.10 bits per heavy atom. The Morgan fingerprint density at radius 1 is 1.00 bits per heavy atom. The van der Waals surface area contributed by atoms with Crippen LogP contribution in [0, 0.1) is 156 Å². The molecular weight excluding hydrogens is 683 g/mol. The van der Waals surface area contributed by atoms with Gasteiger partial charge in [-0.1, -0.05) is 0 Å². The molecule has 2 radical (unpaired) electrons. The van der Waals surface area contributed by atoms with Crippen LogP contribution in [-0.4, -0.2) is 11.9 Å². The van der Waals surface area contributed by atoms with Gasteiger partial charge in [0.2, 0.25) is 0 Å². The van der Waals surface area contributed by atoms with E-state index in [2.05, 4.69) is 0 Å². The van der Waals surface area contributed by atoms with Crippen molar-refractivity contribution in [2.45, 2.75) is 0 Å². The Balaban J connectivity index is -0.0000000208. The monoisotopic (exact) mass is 684 g/mol. The molecule has 0 bridgehead atoms. The van der Waals surface area contributed by atoms with Gasteiger partial charge in [-0.25, -0.2) is 0 Å². The summed E-state index contributed by atoms with van der Waals surface area (Å²) in [4.78, 5) is 17.9. The van der Waals surface area contributed by atoms with Gasteiger partial charge in [0.25, 0.3) is 0 Å². The zero-order valence-electron chi connectivity index (χ0n) is 4.40. The third-order valence-electron chi connectivity index (χ3n) is 0.167. The molecule has 0 atom stereocenters. The van der Waals surface area contributed by atoms with Crippen molar-refractivity contribution in [3.05, 3.63) is 0 Å². The van der Waals surface area contributed by atoms with E-state index in [0.29, 0.717) is 0 Å².